The lowest BCUT2D eigenvalue weighted by Gasteiger charge is -2.55. The molecule has 4 nitrogen and oxygen atoms in total. The molecule has 30 heavy (non-hydrogen) atoms. The number of hydrogen-bond donors (Lipinski definition) is 1. The first-order chi connectivity index (χ1) is 14.7. The Balaban J connectivity index is 1.23. The SMILES string of the molecule is O=C(Nc1cccc(-c2csc(-c3cccnc3)n2)c1)C12CC3CC(CC(C3)C1)C2. The lowest BCUT2D eigenvalue weighted by molar-refractivity contribution is -0.140. The number of amides is 1. The van der Waals surface area contributed by atoms with E-state index in [1.807, 2.05) is 30.5 Å². The van der Waals surface area contributed by atoms with Gasteiger partial charge >= 0.3 is 0 Å². The number of anilines is 1. The van der Waals surface area contributed by atoms with Crippen LogP contribution in [0.15, 0.2) is 54.2 Å². The number of pyridine rings is 1. The van der Waals surface area contributed by atoms with Crippen LogP contribution in [0.4, 0.5) is 5.69 Å². The first-order valence-corrected chi connectivity index (χ1v) is 11.8. The van der Waals surface area contributed by atoms with Gasteiger partial charge in [0.25, 0.3) is 0 Å². The molecule has 5 heteroatoms. The summed E-state index contributed by atoms with van der Waals surface area (Å²) in [4.78, 5) is 22.3. The van der Waals surface area contributed by atoms with Gasteiger partial charge < -0.3 is 5.32 Å². The first kappa shape index (κ1) is 18.3. The Hall–Kier alpha value is -2.53. The van der Waals surface area contributed by atoms with E-state index in [2.05, 4.69) is 27.8 Å². The average molecular weight is 416 g/mol. The fourth-order valence-corrected chi connectivity index (χ4v) is 7.26. The fraction of sp³-hybridized carbons (Fsp3) is 0.400. The molecule has 0 spiro atoms. The van der Waals surface area contributed by atoms with Crippen LogP contribution in [-0.2, 0) is 4.79 Å². The number of nitrogens with one attached hydrogen (secondary N) is 1. The molecule has 7 rings (SSSR count). The van der Waals surface area contributed by atoms with Gasteiger partial charge in [0.2, 0.25) is 5.91 Å². The Morgan fingerprint density at radius 3 is 2.43 bits per heavy atom. The molecule has 152 valence electrons. The maximum atomic E-state index is 13.4. The summed E-state index contributed by atoms with van der Waals surface area (Å²) in [6.45, 7) is 0. The lowest BCUT2D eigenvalue weighted by atomic mass is 9.49. The Labute approximate surface area is 180 Å². The number of rotatable bonds is 4. The molecule has 4 saturated carbocycles. The van der Waals surface area contributed by atoms with Crippen molar-refractivity contribution in [3.63, 3.8) is 0 Å². The van der Waals surface area contributed by atoms with Crippen molar-refractivity contribution in [1.29, 1.82) is 0 Å². The first-order valence-electron chi connectivity index (χ1n) is 10.9. The summed E-state index contributed by atoms with van der Waals surface area (Å²) in [7, 11) is 0. The van der Waals surface area contributed by atoms with Crippen molar-refractivity contribution in [2.45, 2.75) is 38.5 Å². The van der Waals surface area contributed by atoms with E-state index in [1.54, 1.807) is 17.5 Å². The van der Waals surface area contributed by atoms with Crippen molar-refractivity contribution in [2.24, 2.45) is 23.2 Å². The van der Waals surface area contributed by atoms with E-state index in [1.165, 1.54) is 19.3 Å². The minimum atomic E-state index is -0.126. The molecule has 4 bridgehead atoms. The van der Waals surface area contributed by atoms with Gasteiger partial charge in [0.1, 0.15) is 5.01 Å². The van der Waals surface area contributed by atoms with Gasteiger partial charge in [0.15, 0.2) is 0 Å². The smallest absolute Gasteiger partial charge is 0.230 e. The maximum Gasteiger partial charge on any atom is 0.230 e. The van der Waals surface area contributed by atoms with E-state index in [9.17, 15) is 4.79 Å². The third-order valence-corrected chi connectivity index (χ3v) is 8.24. The summed E-state index contributed by atoms with van der Waals surface area (Å²) in [5.74, 6) is 2.56. The summed E-state index contributed by atoms with van der Waals surface area (Å²) in [6, 6.07) is 12.1. The van der Waals surface area contributed by atoms with Crippen LogP contribution in [0.2, 0.25) is 0 Å². The molecule has 0 unspecified atom stereocenters. The molecule has 0 aliphatic heterocycles. The van der Waals surface area contributed by atoms with Gasteiger partial charge in [-0.2, -0.15) is 0 Å². The topological polar surface area (TPSA) is 54.9 Å². The summed E-state index contributed by atoms with van der Waals surface area (Å²) in [6.07, 6.45) is 10.9. The monoisotopic (exact) mass is 415 g/mol. The minimum absolute atomic E-state index is 0.126. The van der Waals surface area contributed by atoms with E-state index in [0.29, 0.717) is 0 Å². The predicted molar refractivity (Wildman–Crippen MR) is 120 cm³/mol. The van der Waals surface area contributed by atoms with E-state index in [0.717, 1.165) is 64.5 Å². The third kappa shape index (κ3) is 3.16. The second kappa shape index (κ2) is 7.02. The largest absolute Gasteiger partial charge is 0.326 e. The number of nitrogens with zero attached hydrogens (tertiary/aromatic N) is 2. The zero-order valence-corrected chi connectivity index (χ0v) is 17.7. The highest BCUT2D eigenvalue weighted by molar-refractivity contribution is 7.13. The molecule has 0 atom stereocenters. The highest BCUT2D eigenvalue weighted by Crippen LogP contribution is 2.60. The summed E-state index contributed by atoms with van der Waals surface area (Å²) < 4.78 is 0. The summed E-state index contributed by atoms with van der Waals surface area (Å²) >= 11 is 1.62. The van der Waals surface area contributed by atoms with Crippen LogP contribution in [0, 0.1) is 23.2 Å². The molecule has 4 aliphatic carbocycles. The maximum absolute atomic E-state index is 13.4. The van der Waals surface area contributed by atoms with Gasteiger partial charge in [0, 0.05) is 34.6 Å². The molecule has 0 radical (unpaired) electrons. The molecule has 1 aromatic carbocycles. The summed E-state index contributed by atoms with van der Waals surface area (Å²) in [5.41, 5.74) is 3.75. The van der Waals surface area contributed by atoms with Crippen LogP contribution in [0.25, 0.3) is 21.8 Å². The molecule has 4 fully saturated rings. The Kier molecular flexibility index (Phi) is 4.27. The van der Waals surface area contributed by atoms with Gasteiger partial charge in [-0.25, -0.2) is 4.98 Å². The van der Waals surface area contributed by atoms with Crippen LogP contribution < -0.4 is 5.32 Å². The molecular weight excluding hydrogens is 390 g/mol. The average Bonchev–Trinajstić information content (AvgIpc) is 3.24. The van der Waals surface area contributed by atoms with E-state index in [-0.39, 0.29) is 11.3 Å². The molecule has 4 aliphatic rings. The van der Waals surface area contributed by atoms with Crippen LogP contribution in [0.1, 0.15) is 38.5 Å². The molecule has 0 saturated heterocycles. The van der Waals surface area contributed by atoms with Gasteiger partial charge in [-0.15, -0.1) is 11.3 Å². The quantitative estimate of drug-likeness (QED) is 0.566. The highest BCUT2D eigenvalue weighted by atomic mass is 32.1. The van der Waals surface area contributed by atoms with E-state index < -0.39 is 0 Å². The summed E-state index contributed by atoms with van der Waals surface area (Å²) in [5, 5.41) is 6.31. The van der Waals surface area contributed by atoms with E-state index in [4.69, 9.17) is 4.98 Å². The van der Waals surface area contributed by atoms with E-state index >= 15 is 0 Å². The third-order valence-electron chi connectivity index (χ3n) is 7.35. The van der Waals surface area contributed by atoms with Gasteiger partial charge in [0.05, 0.1) is 11.1 Å². The Bertz CT molecular complexity index is 1060. The zero-order valence-electron chi connectivity index (χ0n) is 16.9. The Morgan fingerprint density at radius 1 is 1.00 bits per heavy atom. The molecule has 1 amide bonds. The predicted octanol–water partition coefficient (Wildman–Crippen LogP) is 6.03. The van der Waals surface area contributed by atoms with Crippen molar-refractivity contribution in [3.8, 4) is 21.8 Å². The molecule has 2 aromatic heterocycles. The highest BCUT2D eigenvalue weighted by Gasteiger charge is 2.54. The zero-order chi connectivity index (χ0) is 20.1. The molecular formula is C25H25N3OS. The molecule has 3 aromatic rings. The van der Waals surface area contributed by atoms with Gasteiger partial charge in [-0.1, -0.05) is 12.1 Å². The van der Waals surface area contributed by atoms with Crippen LogP contribution in [0.3, 0.4) is 0 Å². The number of carbonyl (C=O) groups is 1. The lowest BCUT2D eigenvalue weighted by Crippen LogP contribution is -2.51. The number of carbonyl (C=O) groups excluding carboxylic acids is 1. The normalized spacial score (nSPS) is 29.1. The molecule has 2 heterocycles. The second-order valence-electron chi connectivity index (χ2n) is 9.51. The minimum Gasteiger partial charge on any atom is -0.326 e. The van der Waals surface area contributed by atoms with Gasteiger partial charge in [-0.3, -0.25) is 9.78 Å². The van der Waals surface area contributed by atoms with Crippen molar-refractivity contribution in [3.05, 3.63) is 54.2 Å². The number of hydrogen-bond acceptors (Lipinski definition) is 4. The van der Waals surface area contributed by atoms with Crippen molar-refractivity contribution >= 4 is 22.9 Å². The number of thiazole rings is 1. The standard InChI is InChI=1S/C25H25N3OS/c29-24(25-11-16-7-17(12-25)9-18(8-16)13-25)27-21-5-1-3-19(10-21)22-15-30-23(28-22)20-4-2-6-26-14-20/h1-6,10,14-18H,7-9,11-13H2,(H,27,29). The molecule has 1 N–H and O–H groups in total. The number of benzene rings is 1. The van der Waals surface area contributed by atoms with Crippen LogP contribution >= 0.6 is 11.3 Å². The Morgan fingerprint density at radius 2 is 1.73 bits per heavy atom. The number of aromatic nitrogens is 2. The van der Waals surface area contributed by atoms with Crippen molar-refractivity contribution in [1.82, 2.24) is 9.97 Å². The fourth-order valence-electron chi connectivity index (χ4n) is 6.44. The van der Waals surface area contributed by atoms with Crippen molar-refractivity contribution in [2.75, 3.05) is 5.32 Å². The second-order valence-corrected chi connectivity index (χ2v) is 10.4. The van der Waals surface area contributed by atoms with Crippen LogP contribution in [-0.4, -0.2) is 15.9 Å². The van der Waals surface area contributed by atoms with Crippen molar-refractivity contribution < 1.29 is 4.79 Å². The van der Waals surface area contributed by atoms with Crippen LogP contribution in [0.5, 0.6) is 0 Å². The van der Waals surface area contributed by atoms with Gasteiger partial charge in [-0.05, 0) is 80.5 Å².